The van der Waals surface area contributed by atoms with Gasteiger partial charge in [-0.2, -0.15) is 0 Å². The number of fused-ring (bicyclic) bond motifs is 1. The van der Waals surface area contributed by atoms with Crippen molar-refractivity contribution in [3.63, 3.8) is 0 Å². The average molecular weight is 491 g/mol. The largest absolute Gasteiger partial charge is 0.497 e. The minimum Gasteiger partial charge on any atom is -0.497 e. The van der Waals surface area contributed by atoms with Gasteiger partial charge in [0.25, 0.3) is 5.91 Å². The summed E-state index contributed by atoms with van der Waals surface area (Å²) in [6.07, 6.45) is 3.42. The Balaban J connectivity index is 1.63. The first-order valence-corrected chi connectivity index (χ1v) is 11.6. The molecule has 0 aliphatic heterocycles. The Labute approximate surface area is 204 Å². The molecular weight excluding hydrogens is 472 g/mol. The van der Waals surface area contributed by atoms with Crippen LogP contribution in [-0.4, -0.2) is 28.1 Å². The Morgan fingerprint density at radius 2 is 2.03 bits per heavy atom. The van der Waals surface area contributed by atoms with E-state index in [1.54, 1.807) is 37.4 Å². The van der Waals surface area contributed by atoms with Crippen molar-refractivity contribution in [1.82, 2.24) is 15.1 Å². The number of carbonyl (C=O) groups excluding carboxylic acids is 1. The number of aryl methyl sites for hydroxylation is 1. The van der Waals surface area contributed by atoms with Gasteiger partial charge in [0, 0.05) is 18.0 Å². The molecule has 3 heterocycles. The average Bonchev–Trinajstić information content (AvgIpc) is 3.45. The fraction of sp³-hybridized carbons (Fsp3) is 0.120. The van der Waals surface area contributed by atoms with Crippen LogP contribution >= 0.6 is 22.9 Å². The maximum absolute atomic E-state index is 14.0. The van der Waals surface area contributed by atoms with Crippen molar-refractivity contribution in [3.8, 4) is 17.0 Å². The monoisotopic (exact) mass is 490 g/mol. The van der Waals surface area contributed by atoms with Crippen LogP contribution < -0.4 is 9.64 Å². The first kappa shape index (κ1) is 22.1. The quantitative estimate of drug-likeness (QED) is 0.283. The first-order chi connectivity index (χ1) is 16.5. The van der Waals surface area contributed by atoms with Crippen molar-refractivity contribution >= 4 is 44.2 Å². The third kappa shape index (κ3) is 4.13. The minimum atomic E-state index is -0.288. The van der Waals surface area contributed by atoms with Crippen LogP contribution in [0, 0.1) is 6.92 Å². The second kappa shape index (κ2) is 9.24. The number of amides is 1. The number of anilines is 1. The van der Waals surface area contributed by atoms with Crippen LogP contribution in [0.4, 0.5) is 5.13 Å². The van der Waals surface area contributed by atoms with E-state index in [2.05, 4.69) is 10.1 Å². The molecule has 2 aromatic carbocycles. The fourth-order valence-electron chi connectivity index (χ4n) is 3.63. The van der Waals surface area contributed by atoms with Gasteiger partial charge in [-0.25, -0.2) is 4.98 Å². The molecule has 0 N–H and O–H groups in total. The third-order valence-electron chi connectivity index (χ3n) is 5.33. The number of ether oxygens (including phenoxy) is 1. The van der Waals surface area contributed by atoms with E-state index in [9.17, 15) is 4.79 Å². The summed E-state index contributed by atoms with van der Waals surface area (Å²) in [7, 11) is 1.62. The topological polar surface area (TPSA) is 81.4 Å². The Hall–Kier alpha value is -3.75. The lowest BCUT2D eigenvalue weighted by Gasteiger charge is -2.20. The molecule has 0 saturated carbocycles. The maximum atomic E-state index is 14.0. The van der Waals surface area contributed by atoms with Gasteiger partial charge in [-0.3, -0.25) is 14.7 Å². The van der Waals surface area contributed by atoms with Crippen LogP contribution in [-0.2, 0) is 6.54 Å². The van der Waals surface area contributed by atoms with Crippen LogP contribution in [0.15, 0.2) is 71.5 Å². The molecule has 34 heavy (non-hydrogen) atoms. The molecule has 7 nitrogen and oxygen atoms in total. The highest BCUT2D eigenvalue weighted by Gasteiger charge is 2.30. The fourth-order valence-corrected chi connectivity index (χ4v) is 4.85. The molecule has 0 spiro atoms. The summed E-state index contributed by atoms with van der Waals surface area (Å²) in [4.78, 5) is 24.6. The standard InChI is InChI=1S/C25H19ClN4O3S/c1-15-22(23(29-33-15)18-7-3-4-8-19(18)26)24(31)30(14-16-6-5-11-27-13-16)25-28-20-10-9-17(32-2)12-21(20)34-25/h3-13H,14H2,1-2H3. The minimum absolute atomic E-state index is 0.274. The smallest absolute Gasteiger partial charge is 0.266 e. The van der Waals surface area contributed by atoms with Gasteiger partial charge in [-0.1, -0.05) is 52.4 Å². The molecular formula is C25H19ClN4O3S. The number of hydrogen-bond acceptors (Lipinski definition) is 7. The van der Waals surface area contributed by atoms with Gasteiger partial charge in [-0.05, 0) is 42.8 Å². The molecule has 0 fully saturated rings. The van der Waals surface area contributed by atoms with E-state index in [0.29, 0.717) is 32.7 Å². The summed E-state index contributed by atoms with van der Waals surface area (Å²) < 4.78 is 11.7. The molecule has 1 amide bonds. The summed E-state index contributed by atoms with van der Waals surface area (Å²) in [5.74, 6) is 0.839. The maximum Gasteiger partial charge on any atom is 0.266 e. The van der Waals surface area contributed by atoms with Gasteiger partial charge in [0.1, 0.15) is 22.8 Å². The molecule has 0 radical (unpaired) electrons. The second-order valence-electron chi connectivity index (χ2n) is 7.52. The van der Waals surface area contributed by atoms with E-state index >= 15 is 0 Å². The number of halogens is 1. The summed E-state index contributed by atoms with van der Waals surface area (Å²) in [6.45, 7) is 1.99. The van der Waals surface area contributed by atoms with E-state index < -0.39 is 0 Å². The number of thiazole rings is 1. The summed E-state index contributed by atoms with van der Waals surface area (Å²) in [5, 5.41) is 5.19. The number of rotatable bonds is 6. The van der Waals surface area contributed by atoms with Crippen LogP contribution in [0.2, 0.25) is 5.02 Å². The lowest BCUT2D eigenvalue weighted by molar-refractivity contribution is 0.0984. The number of nitrogens with zero attached hydrogens (tertiary/aromatic N) is 4. The highest BCUT2D eigenvalue weighted by Crippen LogP contribution is 2.36. The highest BCUT2D eigenvalue weighted by atomic mass is 35.5. The number of carbonyl (C=O) groups is 1. The number of aromatic nitrogens is 3. The molecule has 0 atom stereocenters. The van der Waals surface area contributed by atoms with Crippen LogP contribution in [0.5, 0.6) is 5.75 Å². The van der Waals surface area contributed by atoms with Crippen LogP contribution in [0.25, 0.3) is 21.5 Å². The van der Waals surface area contributed by atoms with Crippen molar-refractivity contribution in [3.05, 3.63) is 88.9 Å². The van der Waals surface area contributed by atoms with Gasteiger partial charge in [0.2, 0.25) is 0 Å². The van der Waals surface area contributed by atoms with Gasteiger partial charge in [0.05, 0.1) is 28.9 Å². The van der Waals surface area contributed by atoms with Crippen LogP contribution in [0.1, 0.15) is 21.7 Å². The van der Waals surface area contributed by atoms with Gasteiger partial charge in [0.15, 0.2) is 5.13 Å². The predicted octanol–water partition coefficient (Wildman–Crippen LogP) is 6.16. The molecule has 0 aliphatic carbocycles. The number of benzene rings is 2. The van der Waals surface area contributed by atoms with Crippen molar-refractivity contribution in [2.45, 2.75) is 13.5 Å². The number of hydrogen-bond donors (Lipinski definition) is 0. The zero-order valence-corrected chi connectivity index (χ0v) is 19.9. The SMILES string of the molecule is COc1ccc2nc(N(Cc3cccnc3)C(=O)c3c(-c4ccccc4Cl)noc3C)sc2c1. The van der Waals surface area contributed by atoms with E-state index in [4.69, 9.17) is 25.8 Å². The zero-order valence-electron chi connectivity index (χ0n) is 18.4. The van der Waals surface area contributed by atoms with E-state index in [0.717, 1.165) is 21.5 Å². The molecule has 5 rings (SSSR count). The zero-order chi connectivity index (χ0) is 23.7. The molecule has 5 aromatic rings. The highest BCUT2D eigenvalue weighted by molar-refractivity contribution is 7.22. The summed E-state index contributed by atoms with van der Waals surface area (Å²) >= 11 is 7.82. The Morgan fingerprint density at radius 3 is 2.79 bits per heavy atom. The second-order valence-corrected chi connectivity index (χ2v) is 8.94. The molecule has 3 aromatic heterocycles. The normalized spacial score (nSPS) is 11.0. The van der Waals surface area contributed by atoms with Crippen LogP contribution in [0.3, 0.4) is 0 Å². The summed E-state index contributed by atoms with van der Waals surface area (Å²) in [6, 6.07) is 16.6. The van der Waals surface area contributed by atoms with Crippen molar-refractivity contribution in [2.24, 2.45) is 0 Å². The van der Waals surface area contributed by atoms with E-state index in [-0.39, 0.29) is 12.5 Å². The molecule has 0 bridgehead atoms. The van der Waals surface area contributed by atoms with Gasteiger partial charge >= 0.3 is 0 Å². The number of pyridine rings is 1. The third-order valence-corrected chi connectivity index (χ3v) is 6.70. The van der Waals surface area contributed by atoms with E-state index in [1.807, 2.05) is 48.5 Å². The first-order valence-electron chi connectivity index (χ1n) is 10.4. The number of methoxy groups -OCH3 is 1. The molecule has 9 heteroatoms. The Morgan fingerprint density at radius 1 is 1.18 bits per heavy atom. The lowest BCUT2D eigenvalue weighted by atomic mass is 10.0. The molecule has 0 aliphatic rings. The van der Waals surface area contributed by atoms with Crippen molar-refractivity contribution in [2.75, 3.05) is 12.0 Å². The Kier molecular flexibility index (Phi) is 6.00. The van der Waals surface area contributed by atoms with E-state index in [1.165, 1.54) is 11.3 Å². The predicted molar refractivity (Wildman–Crippen MR) is 133 cm³/mol. The molecule has 0 unspecified atom stereocenters. The lowest BCUT2D eigenvalue weighted by Crippen LogP contribution is -2.31. The van der Waals surface area contributed by atoms with Crippen molar-refractivity contribution < 1.29 is 14.1 Å². The van der Waals surface area contributed by atoms with Crippen molar-refractivity contribution in [1.29, 1.82) is 0 Å². The molecule has 0 saturated heterocycles. The molecule has 170 valence electrons. The summed E-state index contributed by atoms with van der Waals surface area (Å²) in [5.41, 5.74) is 3.00. The van der Waals surface area contributed by atoms with Gasteiger partial charge < -0.3 is 9.26 Å². The Bertz CT molecular complexity index is 1480. The van der Waals surface area contributed by atoms with Gasteiger partial charge in [-0.15, -0.1) is 0 Å².